The Balaban J connectivity index is 4.44. The van der Waals surface area contributed by atoms with Gasteiger partial charge in [0, 0.05) is 6.61 Å². The average molecular weight is 226 g/mol. The maximum atomic E-state index is 10.8. The molecule has 6 heteroatoms. The predicted octanol–water partition coefficient (Wildman–Crippen LogP) is 0.0182. The number of aliphatic hydroxyl groups is 2. The van der Waals surface area contributed by atoms with Gasteiger partial charge in [0.2, 0.25) is 0 Å². The number of aliphatic carboxylic acids is 1. The maximum absolute atomic E-state index is 10.8. The maximum Gasteiger partial charge on any atom is 0.341 e. The van der Waals surface area contributed by atoms with E-state index in [-0.39, 0.29) is 13.0 Å². The van der Waals surface area contributed by atoms with Crippen molar-refractivity contribution >= 4 is 5.97 Å². The first kappa shape index (κ1) is 14.4. The SMILES string of the molecule is N#CC(C#N)(C(=O)O)C(O)CCCCCO. The van der Waals surface area contributed by atoms with E-state index in [4.69, 9.17) is 20.7 Å². The summed E-state index contributed by atoms with van der Waals surface area (Å²) in [6.07, 6.45) is 0.151. The van der Waals surface area contributed by atoms with Gasteiger partial charge in [-0.05, 0) is 12.8 Å². The van der Waals surface area contributed by atoms with E-state index in [2.05, 4.69) is 0 Å². The van der Waals surface area contributed by atoms with E-state index in [1.807, 2.05) is 0 Å². The van der Waals surface area contributed by atoms with Crippen molar-refractivity contribution in [3.05, 3.63) is 0 Å². The quantitative estimate of drug-likeness (QED) is 0.525. The van der Waals surface area contributed by atoms with Crippen LogP contribution >= 0.6 is 0 Å². The summed E-state index contributed by atoms with van der Waals surface area (Å²) >= 11 is 0. The van der Waals surface area contributed by atoms with E-state index in [1.165, 1.54) is 12.1 Å². The Morgan fingerprint density at radius 1 is 1.25 bits per heavy atom. The molecule has 0 rings (SSSR count). The molecule has 1 unspecified atom stereocenters. The molecule has 0 saturated heterocycles. The van der Waals surface area contributed by atoms with Gasteiger partial charge in [-0.2, -0.15) is 10.5 Å². The molecular formula is C10H14N2O4. The zero-order valence-electron chi connectivity index (χ0n) is 8.76. The first-order valence-electron chi connectivity index (χ1n) is 4.90. The van der Waals surface area contributed by atoms with Crippen LogP contribution < -0.4 is 0 Å². The smallest absolute Gasteiger partial charge is 0.341 e. The van der Waals surface area contributed by atoms with Crippen molar-refractivity contribution in [3.63, 3.8) is 0 Å². The third kappa shape index (κ3) is 3.20. The van der Waals surface area contributed by atoms with Gasteiger partial charge >= 0.3 is 5.97 Å². The molecule has 0 radical (unpaired) electrons. The number of rotatable bonds is 7. The summed E-state index contributed by atoms with van der Waals surface area (Å²) in [4.78, 5) is 10.8. The zero-order valence-corrected chi connectivity index (χ0v) is 8.76. The topological polar surface area (TPSA) is 125 Å². The third-order valence-electron chi connectivity index (χ3n) is 2.33. The zero-order chi connectivity index (χ0) is 12.6. The largest absolute Gasteiger partial charge is 0.479 e. The third-order valence-corrected chi connectivity index (χ3v) is 2.33. The van der Waals surface area contributed by atoms with Crippen LogP contribution in [-0.4, -0.2) is 34.0 Å². The molecule has 1 atom stereocenters. The lowest BCUT2D eigenvalue weighted by molar-refractivity contribution is -0.147. The number of carbonyl (C=O) groups is 1. The number of hydrogen-bond acceptors (Lipinski definition) is 5. The molecule has 0 aromatic carbocycles. The molecular weight excluding hydrogens is 212 g/mol. The molecule has 16 heavy (non-hydrogen) atoms. The van der Waals surface area contributed by atoms with Gasteiger partial charge in [-0.15, -0.1) is 0 Å². The number of carboxylic acid groups (broad SMARTS) is 1. The van der Waals surface area contributed by atoms with Crippen LogP contribution in [0.1, 0.15) is 25.7 Å². The number of carboxylic acids is 1. The Morgan fingerprint density at radius 2 is 1.81 bits per heavy atom. The van der Waals surface area contributed by atoms with Gasteiger partial charge in [0.25, 0.3) is 5.41 Å². The Labute approximate surface area is 93.4 Å². The highest BCUT2D eigenvalue weighted by Crippen LogP contribution is 2.24. The van der Waals surface area contributed by atoms with Gasteiger partial charge < -0.3 is 15.3 Å². The Kier molecular flexibility index (Phi) is 6.09. The van der Waals surface area contributed by atoms with Crippen molar-refractivity contribution in [2.24, 2.45) is 5.41 Å². The van der Waals surface area contributed by atoms with E-state index in [0.29, 0.717) is 19.3 Å². The molecule has 0 saturated carbocycles. The highest BCUT2D eigenvalue weighted by molar-refractivity contribution is 5.82. The van der Waals surface area contributed by atoms with Crippen LogP contribution in [0, 0.1) is 28.1 Å². The van der Waals surface area contributed by atoms with Crippen molar-refractivity contribution in [2.75, 3.05) is 6.61 Å². The monoisotopic (exact) mass is 226 g/mol. The van der Waals surface area contributed by atoms with Gasteiger partial charge in [-0.3, -0.25) is 0 Å². The van der Waals surface area contributed by atoms with Crippen LogP contribution in [0.5, 0.6) is 0 Å². The van der Waals surface area contributed by atoms with Crippen molar-refractivity contribution in [2.45, 2.75) is 31.8 Å². The lowest BCUT2D eigenvalue weighted by Gasteiger charge is -2.20. The van der Waals surface area contributed by atoms with Gasteiger partial charge in [0.15, 0.2) is 0 Å². The van der Waals surface area contributed by atoms with Crippen LogP contribution in [0.25, 0.3) is 0 Å². The molecule has 3 N–H and O–H groups in total. The number of nitriles is 2. The standard InChI is InChI=1S/C10H14N2O4/c11-6-10(7-12,9(15)16)8(14)4-2-1-3-5-13/h8,13-14H,1-5H2,(H,15,16). The summed E-state index contributed by atoms with van der Waals surface area (Å²) in [5.41, 5.74) is -2.39. The van der Waals surface area contributed by atoms with Crippen molar-refractivity contribution in [1.29, 1.82) is 10.5 Å². The number of nitrogens with zero attached hydrogens (tertiary/aromatic N) is 2. The predicted molar refractivity (Wildman–Crippen MR) is 52.9 cm³/mol. The van der Waals surface area contributed by atoms with Crippen molar-refractivity contribution in [1.82, 2.24) is 0 Å². The summed E-state index contributed by atoms with van der Waals surface area (Å²) in [7, 11) is 0. The summed E-state index contributed by atoms with van der Waals surface area (Å²) in [6.45, 7) is 0.0245. The van der Waals surface area contributed by atoms with Crippen LogP contribution in [0.3, 0.4) is 0 Å². The van der Waals surface area contributed by atoms with E-state index >= 15 is 0 Å². The second-order valence-electron chi connectivity index (χ2n) is 3.43. The van der Waals surface area contributed by atoms with Crippen LogP contribution in [0.15, 0.2) is 0 Å². The Bertz CT molecular complexity index is 302. The molecule has 0 aromatic rings. The van der Waals surface area contributed by atoms with E-state index < -0.39 is 17.5 Å². The minimum atomic E-state index is -2.39. The molecule has 0 fully saturated rings. The lowest BCUT2D eigenvalue weighted by atomic mass is 9.82. The molecule has 0 heterocycles. The first-order chi connectivity index (χ1) is 7.55. The number of unbranched alkanes of at least 4 members (excludes halogenated alkanes) is 2. The summed E-state index contributed by atoms with van der Waals surface area (Å²) in [5.74, 6) is -1.63. The molecule has 0 aliphatic carbocycles. The molecule has 0 spiro atoms. The normalized spacial score (nSPS) is 12.5. The van der Waals surface area contributed by atoms with Gasteiger partial charge in [0.1, 0.15) is 0 Å². The Hall–Kier alpha value is -1.63. The molecule has 0 aliphatic heterocycles. The summed E-state index contributed by atoms with van der Waals surface area (Å²) in [5, 5.41) is 44.1. The fraction of sp³-hybridized carbons (Fsp3) is 0.700. The van der Waals surface area contributed by atoms with Crippen LogP contribution in [0.2, 0.25) is 0 Å². The minimum absolute atomic E-state index is 0.0245. The van der Waals surface area contributed by atoms with Gasteiger partial charge in [-0.25, -0.2) is 4.79 Å². The molecule has 0 amide bonds. The summed E-state index contributed by atoms with van der Waals surface area (Å²) < 4.78 is 0. The lowest BCUT2D eigenvalue weighted by Crippen LogP contribution is -2.40. The van der Waals surface area contributed by atoms with Crippen LogP contribution in [0.4, 0.5) is 0 Å². The molecule has 88 valence electrons. The van der Waals surface area contributed by atoms with E-state index in [1.54, 1.807) is 0 Å². The first-order valence-corrected chi connectivity index (χ1v) is 4.90. The molecule has 6 nitrogen and oxygen atoms in total. The highest BCUT2D eigenvalue weighted by atomic mass is 16.4. The minimum Gasteiger partial charge on any atom is -0.479 e. The molecule has 0 bridgehead atoms. The fourth-order valence-electron chi connectivity index (χ4n) is 1.25. The second kappa shape index (κ2) is 6.78. The van der Waals surface area contributed by atoms with Crippen molar-refractivity contribution < 1.29 is 20.1 Å². The fourth-order valence-corrected chi connectivity index (χ4v) is 1.25. The Morgan fingerprint density at radius 3 is 2.19 bits per heavy atom. The van der Waals surface area contributed by atoms with Crippen molar-refractivity contribution in [3.8, 4) is 12.1 Å². The molecule has 0 aliphatic rings. The number of hydrogen-bond donors (Lipinski definition) is 3. The summed E-state index contributed by atoms with van der Waals surface area (Å²) in [6, 6.07) is 2.69. The van der Waals surface area contributed by atoms with Gasteiger partial charge in [0.05, 0.1) is 18.2 Å². The van der Waals surface area contributed by atoms with E-state index in [9.17, 15) is 9.90 Å². The molecule has 0 aromatic heterocycles. The van der Waals surface area contributed by atoms with E-state index in [0.717, 1.165) is 0 Å². The average Bonchev–Trinajstić information content (AvgIpc) is 2.26. The number of aliphatic hydroxyl groups excluding tert-OH is 2. The second-order valence-corrected chi connectivity index (χ2v) is 3.43. The van der Waals surface area contributed by atoms with Crippen LogP contribution in [-0.2, 0) is 4.79 Å². The highest BCUT2D eigenvalue weighted by Gasteiger charge is 2.46. The van der Waals surface area contributed by atoms with Gasteiger partial charge in [-0.1, -0.05) is 12.8 Å².